The van der Waals surface area contributed by atoms with Gasteiger partial charge in [0.25, 0.3) is 0 Å². The Hall–Kier alpha value is -4.00. The number of aromatic nitrogens is 6. The van der Waals surface area contributed by atoms with Crippen LogP contribution in [0, 0.1) is 0 Å². The number of aryl methyl sites for hydroxylation is 1. The Balaban J connectivity index is 1.39. The molecule has 5 aromatic heterocycles. The van der Waals surface area contributed by atoms with Crippen LogP contribution in [0.1, 0.15) is 25.3 Å². The first kappa shape index (κ1) is 18.7. The van der Waals surface area contributed by atoms with Gasteiger partial charge in [-0.05, 0) is 48.9 Å². The number of fused-ring (bicyclic) bond motifs is 3. The van der Waals surface area contributed by atoms with Crippen LogP contribution < -0.4 is 5.32 Å². The van der Waals surface area contributed by atoms with Crippen molar-refractivity contribution in [1.29, 1.82) is 0 Å². The van der Waals surface area contributed by atoms with Crippen LogP contribution in [0.15, 0.2) is 67.4 Å². The van der Waals surface area contributed by atoms with Gasteiger partial charge in [0.2, 0.25) is 0 Å². The molecule has 6 heterocycles. The molecule has 0 radical (unpaired) electrons. The van der Waals surface area contributed by atoms with Gasteiger partial charge in [0, 0.05) is 66.7 Å². The molecule has 0 amide bonds. The van der Waals surface area contributed by atoms with Crippen molar-refractivity contribution in [2.75, 3.05) is 5.32 Å². The molecule has 0 fully saturated rings. The fourth-order valence-corrected chi connectivity index (χ4v) is 4.33. The smallest absolute Gasteiger partial charge is 0.132 e. The van der Waals surface area contributed by atoms with E-state index in [1.165, 1.54) is 5.56 Å². The Morgan fingerprint density at radius 1 is 1.03 bits per heavy atom. The second-order valence-corrected chi connectivity index (χ2v) is 8.28. The molecular formula is C25H23N7. The predicted octanol–water partition coefficient (Wildman–Crippen LogP) is 5.24. The van der Waals surface area contributed by atoms with E-state index in [4.69, 9.17) is 10.1 Å². The summed E-state index contributed by atoms with van der Waals surface area (Å²) >= 11 is 0. The van der Waals surface area contributed by atoms with Crippen molar-refractivity contribution in [2.45, 2.75) is 32.9 Å². The summed E-state index contributed by atoms with van der Waals surface area (Å²) in [6, 6.07) is 12.2. The third-order valence-electron chi connectivity index (χ3n) is 6.10. The van der Waals surface area contributed by atoms with Gasteiger partial charge >= 0.3 is 0 Å². The number of anilines is 2. The number of hydrogen-bond acceptors (Lipinski definition) is 5. The first-order valence-electron chi connectivity index (χ1n) is 10.9. The highest BCUT2D eigenvalue weighted by molar-refractivity contribution is 5.86. The average Bonchev–Trinajstić information content (AvgIpc) is 3.53. The topological polar surface area (TPSA) is 73.5 Å². The van der Waals surface area contributed by atoms with Gasteiger partial charge < -0.3 is 9.88 Å². The minimum absolute atomic E-state index is 0.593. The second kappa shape index (κ2) is 7.30. The molecule has 1 aliphatic heterocycles. The molecule has 1 atom stereocenters. The molecule has 2 bridgehead atoms. The highest BCUT2D eigenvalue weighted by Gasteiger charge is 2.20. The lowest BCUT2D eigenvalue weighted by atomic mass is 10.0. The lowest BCUT2D eigenvalue weighted by molar-refractivity contribution is 0.644. The third kappa shape index (κ3) is 3.13. The maximum Gasteiger partial charge on any atom is 0.132 e. The van der Waals surface area contributed by atoms with Crippen LogP contribution in [0.5, 0.6) is 0 Å². The van der Waals surface area contributed by atoms with Crippen molar-refractivity contribution < 1.29 is 0 Å². The van der Waals surface area contributed by atoms with Crippen molar-refractivity contribution in [3.05, 3.63) is 72.9 Å². The van der Waals surface area contributed by atoms with Crippen molar-refractivity contribution in [2.24, 2.45) is 0 Å². The lowest BCUT2D eigenvalue weighted by Crippen LogP contribution is -2.06. The standard InChI is InChI=1S/C25H23N7/c1-3-32-15-20(25(30-32)17-6-8-26-9-7-17)18-10-22-21(27-12-18)4-5-23(28-22)29-24-11-19-14-31(24)13-16(19)2/h4-12,14-16H,3,13H2,1-2H3,(H,28,29). The van der Waals surface area contributed by atoms with Gasteiger partial charge in [0.15, 0.2) is 0 Å². The van der Waals surface area contributed by atoms with E-state index in [0.717, 1.165) is 58.1 Å². The number of rotatable bonds is 5. The Bertz CT molecular complexity index is 1430. The third-order valence-corrected chi connectivity index (χ3v) is 6.10. The van der Waals surface area contributed by atoms with Crippen LogP contribution in [0.3, 0.4) is 0 Å². The first-order chi connectivity index (χ1) is 15.7. The Kier molecular flexibility index (Phi) is 4.28. The fraction of sp³-hybridized carbons (Fsp3) is 0.200. The molecule has 1 N–H and O–H groups in total. The van der Waals surface area contributed by atoms with Gasteiger partial charge in [-0.25, -0.2) is 4.98 Å². The van der Waals surface area contributed by atoms with E-state index in [9.17, 15) is 0 Å². The van der Waals surface area contributed by atoms with E-state index in [0.29, 0.717) is 5.92 Å². The van der Waals surface area contributed by atoms with Crippen LogP contribution in [0.2, 0.25) is 0 Å². The van der Waals surface area contributed by atoms with Gasteiger partial charge in [-0.1, -0.05) is 6.92 Å². The molecule has 0 aromatic carbocycles. The zero-order valence-electron chi connectivity index (χ0n) is 18.0. The molecule has 7 nitrogen and oxygen atoms in total. The molecule has 0 saturated heterocycles. The molecule has 0 saturated carbocycles. The lowest BCUT2D eigenvalue weighted by Gasteiger charge is -2.14. The largest absolute Gasteiger partial charge is 0.334 e. The molecule has 1 aliphatic rings. The van der Waals surface area contributed by atoms with Gasteiger partial charge in [0.05, 0.1) is 11.0 Å². The molecule has 1 unspecified atom stereocenters. The molecule has 32 heavy (non-hydrogen) atoms. The van der Waals surface area contributed by atoms with Crippen LogP contribution in [0.4, 0.5) is 11.6 Å². The Labute approximate surface area is 185 Å². The number of pyridine rings is 3. The van der Waals surface area contributed by atoms with E-state index < -0.39 is 0 Å². The van der Waals surface area contributed by atoms with Gasteiger partial charge in [0.1, 0.15) is 17.3 Å². The zero-order valence-corrected chi connectivity index (χ0v) is 18.0. The van der Waals surface area contributed by atoms with Gasteiger partial charge in [-0.3, -0.25) is 14.6 Å². The second-order valence-electron chi connectivity index (χ2n) is 8.28. The summed E-state index contributed by atoms with van der Waals surface area (Å²) in [5.41, 5.74) is 7.07. The Morgan fingerprint density at radius 3 is 2.66 bits per heavy atom. The van der Waals surface area contributed by atoms with Gasteiger partial charge in [-0.2, -0.15) is 5.10 Å². The normalized spacial score (nSPS) is 14.9. The molecule has 158 valence electrons. The minimum atomic E-state index is 0.593. The number of nitrogens with one attached hydrogen (secondary N) is 1. The van der Waals surface area contributed by atoms with Crippen LogP contribution in [-0.2, 0) is 13.1 Å². The van der Waals surface area contributed by atoms with E-state index in [1.807, 2.05) is 35.1 Å². The predicted molar refractivity (Wildman–Crippen MR) is 126 cm³/mol. The molecule has 5 aromatic rings. The number of nitrogens with zero attached hydrogens (tertiary/aromatic N) is 6. The maximum absolute atomic E-state index is 4.86. The zero-order chi connectivity index (χ0) is 21.7. The molecule has 0 spiro atoms. The molecule has 0 aliphatic carbocycles. The summed E-state index contributed by atoms with van der Waals surface area (Å²) in [7, 11) is 0. The highest BCUT2D eigenvalue weighted by atomic mass is 15.3. The molecule has 6 rings (SSSR count). The van der Waals surface area contributed by atoms with Crippen LogP contribution in [-0.4, -0.2) is 29.3 Å². The quantitative estimate of drug-likeness (QED) is 0.420. The fourth-order valence-electron chi connectivity index (χ4n) is 4.33. The highest BCUT2D eigenvalue weighted by Crippen LogP contribution is 2.34. The maximum atomic E-state index is 4.86. The van der Waals surface area contributed by atoms with Crippen molar-refractivity contribution >= 4 is 22.7 Å². The minimum Gasteiger partial charge on any atom is -0.334 e. The summed E-state index contributed by atoms with van der Waals surface area (Å²) in [5.74, 6) is 2.49. The SMILES string of the molecule is CCn1cc(-c2cnc3ccc(Nc4cc5cn4CC5C)nc3c2)c(-c2ccncc2)n1. The van der Waals surface area contributed by atoms with E-state index in [-0.39, 0.29) is 0 Å². The van der Waals surface area contributed by atoms with Crippen molar-refractivity contribution in [1.82, 2.24) is 29.3 Å². The monoisotopic (exact) mass is 421 g/mol. The summed E-state index contributed by atoms with van der Waals surface area (Å²) in [6.45, 7) is 6.15. The summed E-state index contributed by atoms with van der Waals surface area (Å²) in [6.07, 6.45) is 9.76. The Morgan fingerprint density at radius 2 is 1.91 bits per heavy atom. The molecular weight excluding hydrogens is 398 g/mol. The van der Waals surface area contributed by atoms with E-state index in [2.05, 4.69) is 58.2 Å². The van der Waals surface area contributed by atoms with Crippen molar-refractivity contribution in [3.8, 4) is 22.4 Å². The number of hydrogen-bond donors (Lipinski definition) is 1. The summed E-state index contributed by atoms with van der Waals surface area (Å²) < 4.78 is 4.20. The molecule has 7 heteroatoms. The van der Waals surface area contributed by atoms with Crippen LogP contribution >= 0.6 is 0 Å². The summed E-state index contributed by atoms with van der Waals surface area (Å²) in [5, 5.41) is 8.25. The van der Waals surface area contributed by atoms with E-state index >= 15 is 0 Å². The summed E-state index contributed by atoms with van der Waals surface area (Å²) in [4.78, 5) is 13.7. The van der Waals surface area contributed by atoms with Gasteiger partial charge in [-0.15, -0.1) is 0 Å². The van der Waals surface area contributed by atoms with Crippen molar-refractivity contribution in [3.63, 3.8) is 0 Å². The van der Waals surface area contributed by atoms with E-state index in [1.54, 1.807) is 12.4 Å². The average molecular weight is 422 g/mol. The van der Waals surface area contributed by atoms with Crippen LogP contribution in [0.25, 0.3) is 33.4 Å². The first-order valence-corrected chi connectivity index (χ1v) is 10.9.